The number of hydrogen-bond acceptors (Lipinski definition) is 9. The summed E-state index contributed by atoms with van der Waals surface area (Å²) in [6.07, 6.45) is 0. The SMILES string of the molecule is Nc1nc(Nc2ccc(N3CCOCC3)cc2)nc2c(-c3ccc(OCCN4CCOCC4)cc3F)cccc12. The Morgan fingerprint density at radius 2 is 1.62 bits per heavy atom. The Balaban J connectivity index is 1.20. The summed E-state index contributed by atoms with van der Waals surface area (Å²) in [4.78, 5) is 13.8. The molecule has 0 atom stereocenters. The van der Waals surface area contributed by atoms with Crippen molar-refractivity contribution in [3.8, 4) is 16.9 Å². The van der Waals surface area contributed by atoms with Crippen LogP contribution in [0.3, 0.4) is 0 Å². The van der Waals surface area contributed by atoms with Crippen LogP contribution in [0.25, 0.3) is 22.0 Å². The number of anilines is 4. The van der Waals surface area contributed by atoms with Crippen molar-refractivity contribution in [1.82, 2.24) is 14.9 Å². The van der Waals surface area contributed by atoms with Crippen LogP contribution in [0.4, 0.5) is 27.5 Å². The number of nitrogens with two attached hydrogens (primary N) is 1. The van der Waals surface area contributed by atoms with Crippen LogP contribution in [0, 0.1) is 5.82 Å². The summed E-state index contributed by atoms with van der Waals surface area (Å²) in [5, 5.41) is 3.91. The first-order valence-electron chi connectivity index (χ1n) is 13.6. The van der Waals surface area contributed by atoms with Gasteiger partial charge in [-0.1, -0.05) is 12.1 Å². The molecule has 0 unspecified atom stereocenters. The zero-order valence-electron chi connectivity index (χ0n) is 22.3. The van der Waals surface area contributed by atoms with E-state index in [0.29, 0.717) is 46.2 Å². The average Bonchev–Trinajstić information content (AvgIpc) is 2.99. The van der Waals surface area contributed by atoms with E-state index in [1.807, 2.05) is 30.3 Å². The fourth-order valence-electron chi connectivity index (χ4n) is 5.08. The van der Waals surface area contributed by atoms with Crippen molar-refractivity contribution in [3.05, 3.63) is 66.5 Å². The van der Waals surface area contributed by atoms with Crippen molar-refractivity contribution in [2.75, 3.05) is 81.7 Å². The van der Waals surface area contributed by atoms with Crippen LogP contribution >= 0.6 is 0 Å². The van der Waals surface area contributed by atoms with Gasteiger partial charge in [-0.3, -0.25) is 4.90 Å². The highest BCUT2D eigenvalue weighted by molar-refractivity contribution is 5.99. The Bertz CT molecular complexity index is 1460. The normalized spacial score (nSPS) is 16.3. The molecule has 0 spiro atoms. The first-order chi connectivity index (χ1) is 19.6. The van der Waals surface area contributed by atoms with E-state index >= 15 is 4.39 Å². The number of ether oxygens (including phenoxy) is 3. The Kier molecular flexibility index (Phi) is 7.90. The van der Waals surface area contributed by atoms with E-state index < -0.39 is 0 Å². The largest absolute Gasteiger partial charge is 0.492 e. The number of morpholine rings is 2. The highest BCUT2D eigenvalue weighted by Crippen LogP contribution is 2.34. The van der Waals surface area contributed by atoms with Gasteiger partial charge in [-0.2, -0.15) is 4.98 Å². The van der Waals surface area contributed by atoms with Crippen molar-refractivity contribution in [3.63, 3.8) is 0 Å². The van der Waals surface area contributed by atoms with Crippen LogP contribution in [-0.4, -0.2) is 80.6 Å². The molecule has 2 saturated heterocycles. The van der Waals surface area contributed by atoms with Gasteiger partial charge in [-0.15, -0.1) is 0 Å². The third-order valence-electron chi connectivity index (χ3n) is 7.27. The van der Waals surface area contributed by atoms with Gasteiger partial charge in [-0.05, 0) is 42.5 Å². The first-order valence-corrected chi connectivity index (χ1v) is 13.6. The molecule has 40 heavy (non-hydrogen) atoms. The van der Waals surface area contributed by atoms with E-state index in [4.69, 9.17) is 24.9 Å². The molecule has 3 N–H and O–H groups in total. The molecule has 0 aliphatic carbocycles. The van der Waals surface area contributed by atoms with Gasteiger partial charge in [0.15, 0.2) is 0 Å². The fourth-order valence-corrected chi connectivity index (χ4v) is 5.08. The Morgan fingerprint density at radius 3 is 2.38 bits per heavy atom. The fraction of sp³-hybridized carbons (Fsp3) is 0.333. The van der Waals surface area contributed by atoms with Gasteiger partial charge in [-0.25, -0.2) is 9.37 Å². The standard InChI is InChI=1S/C30H33FN6O3/c31-27-20-23(40-19-12-36-10-15-38-16-11-36)8-9-24(27)25-2-1-3-26-28(25)34-30(35-29(26)32)33-21-4-6-22(7-5-21)37-13-17-39-18-14-37/h1-9,20H,10-19H2,(H3,32,33,34,35). The molecule has 2 aliphatic rings. The molecule has 10 heteroatoms. The van der Waals surface area contributed by atoms with Crippen molar-refractivity contribution in [1.29, 1.82) is 0 Å². The molecule has 2 fully saturated rings. The van der Waals surface area contributed by atoms with Crippen LogP contribution in [-0.2, 0) is 9.47 Å². The van der Waals surface area contributed by atoms with Crippen LogP contribution in [0.5, 0.6) is 5.75 Å². The van der Waals surface area contributed by atoms with Gasteiger partial charge in [0.05, 0.1) is 31.9 Å². The third-order valence-corrected chi connectivity index (χ3v) is 7.27. The molecule has 6 rings (SSSR count). The van der Waals surface area contributed by atoms with Gasteiger partial charge in [0.25, 0.3) is 0 Å². The lowest BCUT2D eigenvalue weighted by atomic mass is 10.0. The molecule has 0 radical (unpaired) electrons. The predicted octanol–water partition coefficient (Wildman–Crippen LogP) is 4.31. The number of nitrogen functional groups attached to an aromatic ring is 1. The van der Waals surface area contributed by atoms with Crippen molar-refractivity contribution < 1.29 is 18.6 Å². The molecule has 3 aromatic carbocycles. The van der Waals surface area contributed by atoms with Crippen LogP contribution < -0.4 is 20.7 Å². The van der Waals surface area contributed by atoms with Crippen LogP contribution in [0.2, 0.25) is 0 Å². The maximum atomic E-state index is 15.4. The van der Waals surface area contributed by atoms with E-state index in [2.05, 4.69) is 32.2 Å². The smallest absolute Gasteiger partial charge is 0.229 e. The number of benzene rings is 3. The second kappa shape index (κ2) is 12.0. The topological polar surface area (TPSA) is 98.0 Å². The minimum absolute atomic E-state index is 0.322. The molecule has 0 saturated carbocycles. The van der Waals surface area contributed by atoms with Gasteiger partial charge >= 0.3 is 0 Å². The van der Waals surface area contributed by atoms with Gasteiger partial charge in [0.1, 0.15) is 24.0 Å². The monoisotopic (exact) mass is 544 g/mol. The Hall–Kier alpha value is -3.99. The molecule has 1 aromatic heterocycles. The molecular formula is C30H33FN6O3. The zero-order valence-corrected chi connectivity index (χ0v) is 22.3. The highest BCUT2D eigenvalue weighted by atomic mass is 19.1. The van der Waals surface area contributed by atoms with Crippen molar-refractivity contribution in [2.45, 2.75) is 0 Å². The van der Waals surface area contributed by atoms with Crippen LogP contribution in [0.1, 0.15) is 0 Å². The number of rotatable bonds is 8. The second-order valence-corrected chi connectivity index (χ2v) is 9.85. The molecule has 0 amide bonds. The molecule has 208 valence electrons. The second-order valence-electron chi connectivity index (χ2n) is 9.85. The minimum Gasteiger partial charge on any atom is -0.492 e. The summed E-state index contributed by atoms with van der Waals surface area (Å²) in [5.74, 6) is 0.774. The van der Waals surface area contributed by atoms with E-state index in [0.717, 1.165) is 70.5 Å². The van der Waals surface area contributed by atoms with E-state index in [1.54, 1.807) is 12.1 Å². The molecule has 4 aromatic rings. The number of fused-ring (bicyclic) bond motifs is 1. The summed E-state index contributed by atoms with van der Waals surface area (Å²) in [6, 6.07) is 18.5. The van der Waals surface area contributed by atoms with Gasteiger partial charge < -0.3 is 30.2 Å². The predicted molar refractivity (Wildman–Crippen MR) is 155 cm³/mol. The van der Waals surface area contributed by atoms with Gasteiger partial charge in [0, 0.05) is 66.7 Å². The summed E-state index contributed by atoms with van der Waals surface area (Å²) in [6.45, 7) is 7.73. The number of halogens is 1. The van der Waals surface area contributed by atoms with Crippen LogP contribution in [0.15, 0.2) is 60.7 Å². The third kappa shape index (κ3) is 5.94. The maximum absolute atomic E-state index is 15.4. The first kappa shape index (κ1) is 26.2. The van der Waals surface area contributed by atoms with Crippen molar-refractivity contribution in [2.24, 2.45) is 0 Å². The molecule has 3 heterocycles. The minimum atomic E-state index is -0.387. The lowest BCUT2D eigenvalue weighted by Crippen LogP contribution is -2.38. The number of aromatic nitrogens is 2. The van der Waals surface area contributed by atoms with Crippen molar-refractivity contribution >= 4 is 34.0 Å². The zero-order chi connectivity index (χ0) is 27.3. The highest BCUT2D eigenvalue weighted by Gasteiger charge is 2.16. The van der Waals surface area contributed by atoms with E-state index in [9.17, 15) is 0 Å². The molecular weight excluding hydrogens is 511 g/mol. The van der Waals surface area contributed by atoms with Gasteiger partial charge in [0.2, 0.25) is 5.95 Å². The molecule has 0 bridgehead atoms. The summed E-state index contributed by atoms with van der Waals surface area (Å²) >= 11 is 0. The Labute approximate surface area is 232 Å². The maximum Gasteiger partial charge on any atom is 0.229 e. The van der Waals surface area contributed by atoms with E-state index in [-0.39, 0.29) is 5.82 Å². The average molecular weight is 545 g/mol. The summed E-state index contributed by atoms with van der Waals surface area (Å²) in [7, 11) is 0. The molecule has 9 nitrogen and oxygen atoms in total. The lowest BCUT2D eigenvalue weighted by molar-refractivity contribution is 0.0322. The van der Waals surface area contributed by atoms with E-state index in [1.165, 1.54) is 6.07 Å². The number of nitrogens with zero attached hydrogens (tertiary/aromatic N) is 4. The summed E-state index contributed by atoms with van der Waals surface area (Å²) in [5.41, 5.74) is 9.92. The summed E-state index contributed by atoms with van der Waals surface area (Å²) < 4.78 is 32.0. The Morgan fingerprint density at radius 1 is 0.875 bits per heavy atom. The quantitative estimate of drug-likeness (QED) is 0.336. The number of para-hydroxylation sites is 1. The number of hydrogen-bond donors (Lipinski definition) is 2. The molecule has 2 aliphatic heterocycles. The lowest BCUT2D eigenvalue weighted by Gasteiger charge is -2.28. The number of nitrogens with one attached hydrogen (secondary N) is 1.